The number of hydrogen-bond acceptors (Lipinski definition) is 3. The van der Waals surface area contributed by atoms with Crippen molar-refractivity contribution in [2.45, 2.75) is 59.7 Å². The molecular weight excluding hydrogens is 266 g/mol. The third kappa shape index (κ3) is 4.31. The van der Waals surface area contributed by atoms with Crippen molar-refractivity contribution in [1.29, 1.82) is 0 Å². The molecule has 0 N–H and O–H groups in total. The highest BCUT2D eigenvalue weighted by Crippen LogP contribution is 2.22. The predicted molar refractivity (Wildman–Crippen MR) is 84.0 cm³/mol. The van der Waals surface area contributed by atoms with E-state index in [0.29, 0.717) is 16.9 Å². The minimum absolute atomic E-state index is 0.0499. The lowest BCUT2D eigenvalue weighted by Gasteiger charge is -2.31. The zero-order chi connectivity index (χ0) is 16.2. The van der Waals surface area contributed by atoms with E-state index < -0.39 is 0 Å². The van der Waals surface area contributed by atoms with E-state index >= 15 is 0 Å². The summed E-state index contributed by atoms with van der Waals surface area (Å²) >= 11 is 0. The van der Waals surface area contributed by atoms with Crippen molar-refractivity contribution in [3.63, 3.8) is 0 Å². The largest absolute Gasteiger partial charge is 0.490 e. The van der Waals surface area contributed by atoms with Gasteiger partial charge in [-0.05, 0) is 59.7 Å². The molecule has 1 aromatic rings. The number of amides is 1. The number of nitrogens with zero attached hydrogens (tertiary/aromatic N) is 1. The first-order valence-corrected chi connectivity index (χ1v) is 7.36. The molecule has 0 bridgehead atoms. The number of carbonyl (C=O) groups excluding carboxylic acids is 2. The zero-order valence-corrected chi connectivity index (χ0v) is 13.7. The Hall–Kier alpha value is -1.84. The summed E-state index contributed by atoms with van der Waals surface area (Å²) in [5, 5.41) is 0. The SMILES string of the molecule is CC(C)Oc1cc(C(=O)N(C(C)C)C(C)C)ccc1C=O. The molecule has 0 aliphatic heterocycles. The first kappa shape index (κ1) is 17.2. The van der Waals surface area contributed by atoms with Gasteiger partial charge in [-0.2, -0.15) is 0 Å². The fourth-order valence-electron chi connectivity index (χ4n) is 2.34. The Bertz CT molecular complexity index is 499. The van der Waals surface area contributed by atoms with E-state index in [-0.39, 0.29) is 24.1 Å². The van der Waals surface area contributed by atoms with E-state index in [0.717, 1.165) is 6.29 Å². The first-order valence-electron chi connectivity index (χ1n) is 7.36. The van der Waals surface area contributed by atoms with Gasteiger partial charge in [0.1, 0.15) is 5.75 Å². The van der Waals surface area contributed by atoms with Gasteiger partial charge in [0.05, 0.1) is 11.7 Å². The molecule has 0 heterocycles. The second-order valence-corrected chi connectivity index (χ2v) is 5.94. The summed E-state index contributed by atoms with van der Waals surface area (Å²) in [5.41, 5.74) is 1.000. The van der Waals surface area contributed by atoms with Gasteiger partial charge in [-0.3, -0.25) is 9.59 Å². The molecule has 21 heavy (non-hydrogen) atoms. The van der Waals surface area contributed by atoms with E-state index in [2.05, 4.69) is 0 Å². The summed E-state index contributed by atoms with van der Waals surface area (Å²) < 4.78 is 5.63. The molecule has 4 nitrogen and oxygen atoms in total. The van der Waals surface area contributed by atoms with Crippen molar-refractivity contribution in [1.82, 2.24) is 4.90 Å². The van der Waals surface area contributed by atoms with Gasteiger partial charge in [-0.15, -0.1) is 0 Å². The lowest BCUT2D eigenvalue weighted by molar-refractivity contribution is 0.0642. The Labute approximate surface area is 127 Å². The smallest absolute Gasteiger partial charge is 0.254 e. The number of ether oxygens (including phenoxy) is 1. The van der Waals surface area contributed by atoms with Crippen molar-refractivity contribution in [2.24, 2.45) is 0 Å². The Morgan fingerprint density at radius 1 is 1.10 bits per heavy atom. The number of rotatable bonds is 6. The topological polar surface area (TPSA) is 46.6 Å². The van der Waals surface area contributed by atoms with Crippen molar-refractivity contribution < 1.29 is 14.3 Å². The molecule has 116 valence electrons. The van der Waals surface area contributed by atoms with Gasteiger partial charge in [0.25, 0.3) is 5.91 Å². The van der Waals surface area contributed by atoms with Crippen molar-refractivity contribution in [2.75, 3.05) is 0 Å². The van der Waals surface area contributed by atoms with E-state index in [9.17, 15) is 9.59 Å². The Morgan fingerprint density at radius 3 is 2.10 bits per heavy atom. The van der Waals surface area contributed by atoms with Gasteiger partial charge >= 0.3 is 0 Å². The Morgan fingerprint density at radius 2 is 1.67 bits per heavy atom. The van der Waals surface area contributed by atoms with Crippen LogP contribution < -0.4 is 4.74 Å². The third-order valence-corrected chi connectivity index (χ3v) is 3.10. The van der Waals surface area contributed by atoms with Gasteiger partial charge < -0.3 is 9.64 Å². The van der Waals surface area contributed by atoms with Crippen LogP contribution in [0, 0.1) is 0 Å². The van der Waals surface area contributed by atoms with Gasteiger partial charge in [0.15, 0.2) is 6.29 Å². The van der Waals surface area contributed by atoms with Gasteiger partial charge in [0.2, 0.25) is 0 Å². The van der Waals surface area contributed by atoms with Crippen molar-refractivity contribution in [3.8, 4) is 5.75 Å². The number of aldehydes is 1. The molecule has 0 fully saturated rings. The molecule has 0 unspecified atom stereocenters. The Kier molecular flexibility index (Phi) is 5.94. The molecule has 0 spiro atoms. The fraction of sp³-hybridized carbons (Fsp3) is 0.529. The number of benzene rings is 1. The maximum absolute atomic E-state index is 12.6. The predicted octanol–water partition coefficient (Wildman–Crippen LogP) is 3.55. The highest BCUT2D eigenvalue weighted by atomic mass is 16.5. The average Bonchev–Trinajstić information content (AvgIpc) is 2.36. The molecule has 4 heteroatoms. The first-order chi connectivity index (χ1) is 9.77. The van der Waals surface area contributed by atoms with E-state index in [1.807, 2.05) is 46.4 Å². The van der Waals surface area contributed by atoms with Crippen LogP contribution in [0.25, 0.3) is 0 Å². The molecule has 0 radical (unpaired) electrons. The summed E-state index contributed by atoms with van der Waals surface area (Å²) in [5.74, 6) is 0.407. The van der Waals surface area contributed by atoms with E-state index in [1.54, 1.807) is 18.2 Å². The fourth-order valence-corrected chi connectivity index (χ4v) is 2.34. The summed E-state index contributed by atoms with van der Waals surface area (Å²) in [6, 6.07) is 5.19. The van der Waals surface area contributed by atoms with Crippen molar-refractivity contribution >= 4 is 12.2 Å². The van der Waals surface area contributed by atoms with E-state index in [1.165, 1.54) is 0 Å². The van der Waals surface area contributed by atoms with Crippen LogP contribution in [-0.4, -0.2) is 35.3 Å². The highest BCUT2D eigenvalue weighted by Gasteiger charge is 2.22. The molecule has 0 saturated carbocycles. The lowest BCUT2D eigenvalue weighted by atomic mass is 10.1. The number of hydrogen-bond donors (Lipinski definition) is 0. The molecule has 1 rings (SSSR count). The van der Waals surface area contributed by atoms with Crippen LogP contribution in [0.4, 0.5) is 0 Å². The molecule has 0 aromatic heterocycles. The minimum Gasteiger partial charge on any atom is -0.490 e. The van der Waals surface area contributed by atoms with Crippen LogP contribution in [0.15, 0.2) is 18.2 Å². The van der Waals surface area contributed by atoms with Gasteiger partial charge in [0, 0.05) is 17.6 Å². The molecule has 0 aliphatic carbocycles. The van der Waals surface area contributed by atoms with Crippen LogP contribution in [0.3, 0.4) is 0 Å². The van der Waals surface area contributed by atoms with Crippen LogP contribution in [0.2, 0.25) is 0 Å². The summed E-state index contributed by atoms with van der Waals surface area (Å²) in [4.78, 5) is 25.5. The summed E-state index contributed by atoms with van der Waals surface area (Å²) in [7, 11) is 0. The second-order valence-electron chi connectivity index (χ2n) is 5.94. The lowest BCUT2D eigenvalue weighted by Crippen LogP contribution is -2.42. The van der Waals surface area contributed by atoms with Crippen LogP contribution in [-0.2, 0) is 0 Å². The van der Waals surface area contributed by atoms with E-state index in [4.69, 9.17) is 4.74 Å². The van der Waals surface area contributed by atoms with Crippen LogP contribution >= 0.6 is 0 Å². The minimum atomic E-state index is -0.0552. The second kappa shape index (κ2) is 7.25. The third-order valence-electron chi connectivity index (χ3n) is 3.10. The zero-order valence-electron chi connectivity index (χ0n) is 13.7. The van der Waals surface area contributed by atoms with Gasteiger partial charge in [-0.1, -0.05) is 0 Å². The molecular formula is C17H25NO3. The maximum Gasteiger partial charge on any atom is 0.254 e. The molecule has 0 atom stereocenters. The van der Waals surface area contributed by atoms with Gasteiger partial charge in [-0.25, -0.2) is 0 Å². The molecule has 0 aliphatic rings. The standard InChI is InChI=1S/C17H25NO3/c1-11(2)18(12(3)4)17(20)14-7-8-15(10-19)16(9-14)21-13(5)6/h7-13H,1-6H3. The normalized spacial score (nSPS) is 11.1. The van der Waals surface area contributed by atoms with Crippen molar-refractivity contribution in [3.05, 3.63) is 29.3 Å². The van der Waals surface area contributed by atoms with Crippen LogP contribution in [0.1, 0.15) is 62.3 Å². The van der Waals surface area contributed by atoms with Crippen LogP contribution in [0.5, 0.6) is 5.75 Å². The molecule has 1 aromatic carbocycles. The molecule has 1 amide bonds. The number of carbonyl (C=O) groups is 2. The maximum atomic E-state index is 12.6. The quantitative estimate of drug-likeness (QED) is 0.753. The highest BCUT2D eigenvalue weighted by molar-refractivity contribution is 5.96. The Balaban J connectivity index is 3.18. The molecule has 0 saturated heterocycles. The monoisotopic (exact) mass is 291 g/mol. The summed E-state index contributed by atoms with van der Waals surface area (Å²) in [6.45, 7) is 11.7. The average molecular weight is 291 g/mol. The summed E-state index contributed by atoms with van der Waals surface area (Å²) in [6.07, 6.45) is 0.689.